The van der Waals surface area contributed by atoms with Crippen LogP contribution in [0.2, 0.25) is 0 Å². The molecule has 98 valence electrons. The normalized spacial score (nSPS) is 17.7. The third-order valence-corrected chi connectivity index (χ3v) is 2.82. The van der Waals surface area contributed by atoms with E-state index in [1.165, 1.54) is 0 Å². The topological polar surface area (TPSA) is 40.6 Å². The van der Waals surface area contributed by atoms with Crippen LogP contribution in [0, 0.1) is 5.41 Å². The van der Waals surface area contributed by atoms with Gasteiger partial charge in [-0.2, -0.15) is 0 Å². The Bertz CT molecular complexity index is 284. The Kier molecular flexibility index (Phi) is 4.69. The van der Waals surface area contributed by atoms with Gasteiger partial charge in [-0.3, -0.25) is 14.5 Å². The Morgan fingerprint density at radius 3 is 2.29 bits per heavy atom. The number of amides is 1. The van der Waals surface area contributed by atoms with Crippen molar-refractivity contribution in [2.75, 3.05) is 33.2 Å². The largest absolute Gasteiger partial charge is 0.341 e. The first-order valence-corrected chi connectivity index (χ1v) is 6.26. The minimum absolute atomic E-state index is 0.143. The molecule has 0 radical (unpaired) electrons. The summed E-state index contributed by atoms with van der Waals surface area (Å²) in [6.07, 6.45) is 1.05. The van der Waals surface area contributed by atoms with Gasteiger partial charge >= 0.3 is 0 Å². The van der Waals surface area contributed by atoms with Gasteiger partial charge in [0.1, 0.15) is 5.78 Å². The van der Waals surface area contributed by atoms with Gasteiger partial charge in [-0.05, 0) is 12.5 Å². The van der Waals surface area contributed by atoms with Crippen LogP contribution >= 0.6 is 0 Å². The Hall–Kier alpha value is -0.900. The van der Waals surface area contributed by atoms with E-state index in [1.807, 2.05) is 7.05 Å². The van der Waals surface area contributed by atoms with E-state index in [0.29, 0.717) is 32.5 Å². The van der Waals surface area contributed by atoms with Crippen LogP contribution in [0.3, 0.4) is 0 Å². The monoisotopic (exact) mass is 240 g/mol. The molecule has 4 nitrogen and oxygen atoms in total. The van der Waals surface area contributed by atoms with Crippen molar-refractivity contribution in [2.24, 2.45) is 5.41 Å². The van der Waals surface area contributed by atoms with E-state index >= 15 is 0 Å². The first-order valence-electron chi connectivity index (χ1n) is 6.26. The van der Waals surface area contributed by atoms with Crippen molar-refractivity contribution in [3.8, 4) is 0 Å². The number of carbonyl (C=O) groups is 2. The summed E-state index contributed by atoms with van der Waals surface area (Å²) >= 11 is 0. The van der Waals surface area contributed by atoms with Crippen molar-refractivity contribution >= 4 is 11.7 Å². The zero-order chi connectivity index (χ0) is 13.1. The molecule has 1 saturated heterocycles. The van der Waals surface area contributed by atoms with Gasteiger partial charge in [0.05, 0.1) is 6.54 Å². The van der Waals surface area contributed by atoms with Crippen molar-refractivity contribution in [1.82, 2.24) is 9.80 Å². The van der Waals surface area contributed by atoms with Crippen LogP contribution in [0.15, 0.2) is 0 Å². The van der Waals surface area contributed by atoms with E-state index in [-0.39, 0.29) is 17.1 Å². The summed E-state index contributed by atoms with van der Waals surface area (Å²) in [6, 6.07) is 0. The van der Waals surface area contributed by atoms with Crippen molar-refractivity contribution in [1.29, 1.82) is 0 Å². The first-order chi connectivity index (χ1) is 7.78. The average molecular weight is 240 g/mol. The highest BCUT2D eigenvalue weighted by molar-refractivity contribution is 5.84. The molecule has 4 heteroatoms. The van der Waals surface area contributed by atoms with Gasteiger partial charge in [-0.1, -0.05) is 20.8 Å². The molecule has 0 spiro atoms. The quantitative estimate of drug-likeness (QED) is 0.743. The molecule has 0 aromatic heterocycles. The lowest BCUT2D eigenvalue weighted by Gasteiger charge is -2.30. The minimum atomic E-state index is 0.143. The molecule has 1 aliphatic rings. The third-order valence-electron chi connectivity index (χ3n) is 2.82. The standard InChI is InChI=1S/C13H24N2O2/c1-13(2,3)10-14(4)9-12(17)15-7-5-11(16)6-8-15/h5-10H2,1-4H3. The molecule has 17 heavy (non-hydrogen) atoms. The maximum absolute atomic E-state index is 12.0. The molecule has 0 bridgehead atoms. The fourth-order valence-corrected chi connectivity index (χ4v) is 2.20. The maximum Gasteiger partial charge on any atom is 0.236 e. The number of piperidine rings is 1. The number of Topliss-reactive ketones (excluding diaryl/α,β-unsaturated/α-hetero) is 1. The SMILES string of the molecule is CN(CC(=O)N1CCC(=O)CC1)CC(C)(C)C. The predicted molar refractivity (Wildman–Crippen MR) is 67.8 cm³/mol. The summed E-state index contributed by atoms with van der Waals surface area (Å²) in [5.41, 5.74) is 0.201. The fourth-order valence-electron chi connectivity index (χ4n) is 2.20. The Labute approximate surface area is 104 Å². The highest BCUT2D eigenvalue weighted by Crippen LogP contribution is 2.14. The van der Waals surface area contributed by atoms with Gasteiger partial charge in [0.25, 0.3) is 0 Å². The van der Waals surface area contributed by atoms with Crippen molar-refractivity contribution in [3.63, 3.8) is 0 Å². The molecule has 1 fully saturated rings. The average Bonchev–Trinajstić information content (AvgIpc) is 2.15. The number of ketones is 1. The number of likely N-dealkylation sites (N-methyl/N-ethyl adjacent to an activating group) is 1. The van der Waals surface area contributed by atoms with Crippen molar-refractivity contribution in [3.05, 3.63) is 0 Å². The van der Waals surface area contributed by atoms with Gasteiger partial charge in [-0.25, -0.2) is 0 Å². The van der Waals surface area contributed by atoms with Crippen molar-refractivity contribution < 1.29 is 9.59 Å². The van der Waals surface area contributed by atoms with Gasteiger partial charge in [0.15, 0.2) is 0 Å². The molecule has 1 amide bonds. The molecule has 1 aliphatic heterocycles. The van der Waals surface area contributed by atoms with E-state index in [2.05, 4.69) is 25.7 Å². The Morgan fingerprint density at radius 2 is 1.82 bits per heavy atom. The second kappa shape index (κ2) is 5.63. The first kappa shape index (κ1) is 14.2. The van der Waals surface area contributed by atoms with Crippen LogP contribution in [0.4, 0.5) is 0 Å². The molecule has 1 heterocycles. The Balaban J connectivity index is 2.36. The minimum Gasteiger partial charge on any atom is -0.341 e. The lowest BCUT2D eigenvalue weighted by atomic mass is 9.96. The fraction of sp³-hybridized carbons (Fsp3) is 0.846. The van der Waals surface area contributed by atoms with Crippen LogP contribution in [0.25, 0.3) is 0 Å². The highest BCUT2D eigenvalue weighted by Gasteiger charge is 2.22. The van der Waals surface area contributed by atoms with E-state index in [0.717, 1.165) is 6.54 Å². The number of hydrogen-bond acceptors (Lipinski definition) is 3. The molecular weight excluding hydrogens is 216 g/mol. The van der Waals surface area contributed by atoms with Gasteiger partial charge in [-0.15, -0.1) is 0 Å². The van der Waals surface area contributed by atoms with E-state index in [1.54, 1.807) is 4.90 Å². The molecule has 0 N–H and O–H groups in total. The molecule has 0 unspecified atom stereocenters. The highest BCUT2D eigenvalue weighted by atomic mass is 16.2. The number of nitrogens with zero attached hydrogens (tertiary/aromatic N) is 2. The zero-order valence-electron chi connectivity index (χ0n) is 11.5. The zero-order valence-corrected chi connectivity index (χ0v) is 11.5. The van der Waals surface area contributed by atoms with E-state index < -0.39 is 0 Å². The van der Waals surface area contributed by atoms with E-state index in [4.69, 9.17) is 0 Å². The van der Waals surface area contributed by atoms with Crippen molar-refractivity contribution in [2.45, 2.75) is 33.6 Å². The summed E-state index contributed by atoms with van der Waals surface area (Å²) in [5.74, 6) is 0.418. The molecule has 0 aromatic carbocycles. The summed E-state index contributed by atoms with van der Waals surface area (Å²) in [5, 5.41) is 0. The van der Waals surface area contributed by atoms with Crippen LogP contribution < -0.4 is 0 Å². The molecule has 0 atom stereocenters. The molecule has 0 aliphatic carbocycles. The van der Waals surface area contributed by atoms with Crippen LogP contribution in [-0.2, 0) is 9.59 Å². The second-order valence-corrected chi connectivity index (χ2v) is 6.15. The lowest BCUT2D eigenvalue weighted by molar-refractivity contribution is -0.135. The number of likely N-dealkylation sites (tertiary alicyclic amines) is 1. The summed E-state index contributed by atoms with van der Waals surface area (Å²) < 4.78 is 0. The summed E-state index contributed by atoms with van der Waals surface area (Å²) in [4.78, 5) is 26.9. The lowest BCUT2D eigenvalue weighted by Crippen LogP contribution is -2.44. The molecule has 0 aromatic rings. The second-order valence-electron chi connectivity index (χ2n) is 6.15. The molecule has 0 saturated carbocycles. The van der Waals surface area contributed by atoms with Crippen LogP contribution in [0.1, 0.15) is 33.6 Å². The third kappa shape index (κ3) is 5.31. The number of rotatable bonds is 3. The van der Waals surface area contributed by atoms with Gasteiger partial charge in [0, 0.05) is 32.5 Å². The summed E-state index contributed by atoms with van der Waals surface area (Å²) in [7, 11) is 1.97. The predicted octanol–water partition coefficient (Wildman–Crippen LogP) is 1.16. The molecule has 1 rings (SSSR count). The Morgan fingerprint density at radius 1 is 1.29 bits per heavy atom. The maximum atomic E-state index is 12.0. The van der Waals surface area contributed by atoms with Crippen LogP contribution in [0.5, 0.6) is 0 Å². The van der Waals surface area contributed by atoms with Crippen LogP contribution in [-0.4, -0.2) is 54.7 Å². The molecular formula is C13H24N2O2. The summed E-state index contributed by atoms with van der Waals surface area (Å²) in [6.45, 7) is 9.02. The van der Waals surface area contributed by atoms with Gasteiger partial charge < -0.3 is 4.90 Å². The smallest absolute Gasteiger partial charge is 0.236 e. The number of hydrogen-bond donors (Lipinski definition) is 0. The number of carbonyl (C=O) groups excluding carboxylic acids is 2. The van der Waals surface area contributed by atoms with Gasteiger partial charge in [0.2, 0.25) is 5.91 Å². The van der Waals surface area contributed by atoms with E-state index in [9.17, 15) is 9.59 Å².